The van der Waals surface area contributed by atoms with Crippen LogP contribution < -0.4 is 5.32 Å². The third-order valence-electron chi connectivity index (χ3n) is 3.87. The standard InChI is InChI=1S/C16H19N3O5S/c1-11(15(20)18-13-7-4-3-6-12(13)10-17)24-16(21)14-8-5-9-19(14)25(2,22)23/h3-4,6-7,11,14H,5,8-9H2,1-2H3,(H,18,20). The first kappa shape index (κ1) is 18.9. The molecule has 0 aliphatic carbocycles. The van der Waals surface area contributed by atoms with Gasteiger partial charge in [0.05, 0.1) is 17.5 Å². The second-order valence-corrected chi connectivity index (χ2v) is 7.69. The minimum absolute atomic E-state index is 0.259. The van der Waals surface area contributed by atoms with Crippen molar-refractivity contribution in [1.82, 2.24) is 4.31 Å². The number of hydrogen-bond donors (Lipinski definition) is 1. The Hall–Kier alpha value is -2.44. The molecule has 8 nitrogen and oxygen atoms in total. The molecular weight excluding hydrogens is 346 g/mol. The van der Waals surface area contributed by atoms with E-state index in [2.05, 4.69) is 5.32 Å². The van der Waals surface area contributed by atoms with Crippen LogP contribution in [0.3, 0.4) is 0 Å². The Bertz CT molecular complexity index is 815. The Morgan fingerprint density at radius 2 is 2.08 bits per heavy atom. The van der Waals surface area contributed by atoms with Crippen molar-refractivity contribution in [2.45, 2.75) is 31.9 Å². The maximum atomic E-state index is 12.2. The number of anilines is 1. The number of carbonyl (C=O) groups excluding carboxylic acids is 2. The van der Waals surface area contributed by atoms with Gasteiger partial charge in [-0.15, -0.1) is 0 Å². The maximum Gasteiger partial charge on any atom is 0.325 e. The van der Waals surface area contributed by atoms with Crippen molar-refractivity contribution < 1.29 is 22.7 Å². The molecule has 1 amide bonds. The van der Waals surface area contributed by atoms with Crippen molar-refractivity contribution in [3.8, 4) is 6.07 Å². The fraction of sp³-hybridized carbons (Fsp3) is 0.438. The number of benzene rings is 1. The van der Waals surface area contributed by atoms with E-state index in [0.29, 0.717) is 18.5 Å². The van der Waals surface area contributed by atoms with Crippen molar-refractivity contribution >= 4 is 27.6 Å². The molecule has 25 heavy (non-hydrogen) atoms. The first-order valence-electron chi connectivity index (χ1n) is 7.71. The lowest BCUT2D eigenvalue weighted by molar-refractivity contribution is -0.156. The van der Waals surface area contributed by atoms with Crippen LogP contribution in [0.5, 0.6) is 0 Å². The summed E-state index contributed by atoms with van der Waals surface area (Å²) in [6.07, 6.45) is 0.829. The van der Waals surface area contributed by atoms with Gasteiger partial charge in [0, 0.05) is 6.54 Å². The summed E-state index contributed by atoms with van der Waals surface area (Å²) in [6.45, 7) is 1.65. The fourth-order valence-corrected chi connectivity index (χ4v) is 3.72. The lowest BCUT2D eigenvalue weighted by Gasteiger charge is -2.22. The van der Waals surface area contributed by atoms with Gasteiger partial charge >= 0.3 is 5.97 Å². The second kappa shape index (κ2) is 7.63. The normalized spacial score (nSPS) is 19.0. The lowest BCUT2D eigenvalue weighted by Crippen LogP contribution is -2.43. The highest BCUT2D eigenvalue weighted by Crippen LogP contribution is 2.22. The summed E-state index contributed by atoms with van der Waals surface area (Å²) in [5.41, 5.74) is 0.602. The Kier molecular flexibility index (Phi) is 5.77. The summed E-state index contributed by atoms with van der Waals surface area (Å²) in [5, 5.41) is 11.5. The van der Waals surface area contributed by atoms with Crippen molar-refractivity contribution in [2.75, 3.05) is 18.1 Å². The van der Waals surface area contributed by atoms with Crippen molar-refractivity contribution in [3.05, 3.63) is 29.8 Å². The van der Waals surface area contributed by atoms with E-state index in [4.69, 9.17) is 10.00 Å². The average molecular weight is 365 g/mol. The van der Waals surface area contributed by atoms with Crippen molar-refractivity contribution in [1.29, 1.82) is 5.26 Å². The van der Waals surface area contributed by atoms with Crippen LogP contribution in [0.25, 0.3) is 0 Å². The molecule has 0 bridgehead atoms. The van der Waals surface area contributed by atoms with Gasteiger partial charge in [0.2, 0.25) is 10.0 Å². The molecule has 0 spiro atoms. The number of nitriles is 1. The van der Waals surface area contributed by atoms with Crippen LogP contribution in [0, 0.1) is 11.3 Å². The SMILES string of the molecule is CC(OC(=O)C1CCCN1S(C)(=O)=O)C(=O)Nc1ccccc1C#N. The number of nitrogens with one attached hydrogen (secondary N) is 1. The van der Waals surface area contributed by atoms with Crippen LogP contribution >= 0.6 is 0 Å². The van der Waals surface area contributed by atoms with Gasteiger partial charge in [0.1, 0.15) is 12.1 Å². The van der Waals surface area contributed by atoms with Gasteiger partial charge in [-0.05, 0) is 31.9 Å². The van der Waals surface area contributed by atoms with E-state index < -0.39 is 34.0 Å². The Morgan fingerprint density at radius 3 is 2.72 bits per heavy atom. The average Bonchev–Trinajstić information content (AvgIpc) is 3.05. The van der Waals surface area contributed by atoms with Crippen LogP contribution in [-0.2, 0) is 24.3 Å². The summed E-state index contributed by atoms with van der Waals surface area (Å²) in [6, 6.07) is 7.49. The Morgan fingerprint density at radius 1 is 1.40 bits per heavy atom. The van der Waals surface area contributed by atoms with E-state index in [9.17, 15) is 18.0 Å². The number of rotatable bonds is 5. The number of sulfonamides is 1. The number of ether oxygens (including phenoxy) is 1. The maximum absolute atomic E-state index is 12.2. The molecule has 1 aliphatic heterocycles. The number of amides is 1. The molecular formula is C16H19N3O5S. The van der Waals surface area contributed by atoms with Crippen molar-refractivity contribution in [3.63, 3.8) is 0 Å². The topological polar surface area (TPSA) is 117 Å². The van der Waals surface area contributed by atoms with E-state index >= 15 is 0 Å². The lowest BCUT2D eigenvalue weighted by atomic mass is 10.2. The minimum Gasteiger partial charge on any atom is -0.451 e. The summed E-state index contributed by atoms with van der Waals surface area (Å²) in [5.74, 6) is -1.35. The number of esters is 1. The van der Waals surface area contributed by atoms with Crippen LogP contribution in [0.2, 0.25) is 0 Å². The zero-order valence-corrected chi connectivity index (χ0v) is 14.7. The Balaban J connectivity index is 2.01. The van der Waals surface area contributed by atoms with Crippen molar-refractivity contribution in [2.24, 2.45) is 0 Å². The van der Waals surface area contributed by atoms with Crippen LogP contribution in [0.1, 0.15) is 25.3 Å². The number of carbonyl (C=O) groups is 2. The molecule has 2 rings (SSSR count). The van der Waals surface area contributed by atoms with E-state index in [-0.39, 0.29) is 12.1 Å². The molecule has 1 aliphatic rings. The molecule has 1 heterocycles. The fourth-order valence-electron chi connectivity index (χ4n) is 2.60. The second-order valence-electron chi connectivity index (χ2n) is 5.76. The Labute approximate surface area is 146 Å². The monoisotopic (exact) mass is 365 g/mol. The summed E-state index contributed by atoms with van der Waals surface area (Å²) < 4.78 is 29.6. The first-order valence-corrected chi connectivity index (χ1v) is 9.56. The predicted molar refractivity (Wildman–Crippen MR) is 89.9 cm³/mol. The van der Waals surface area contributed by atoms with Gasteiger partial charge in [-0.1, -0.05) is 12.1 Å². The highest BCUT2D eigenvalue weighted by Gasteiger charge is 2.38. The summed E-state index contributed by atoms with van der Waals surface area (Å²) in [4.78, 5) is 24.4. The largest absolute Gasteiger partial charge is 0.451 e. The predicted octanol–water partition coefficient (Wildman–Crippen LogP) is 0.852. The van der Waals surface area contributed by atoms with Gasteiger partial charge in [-0.3, -0.25) is 9.59 Å². The quantitative estimate of drug-likeness (QED) is 0.773. The van der Waals surface area contributed by atoms with Crippen LogP contribution in [0.4, 0.5) is 5.69 Å². The highest BCUT2D eigenvalue weighted by molar-refractivity contribution is 7.88. The smallest absolute Gasteiger partial charge is 0.325 e. The molecule has 9 heteroatoms. The molecule has 1 fully saturated rings. The van der Waals surface area contributed by atoms with Crippen LogP contribution in [0.15, 0.2) is 24.3 Å². The molecule has 1 N–H and O–H groups in total. The third-order valence-corrected chi connectivity index (χ3v) is 5.16. The van der Waals surface area contributed by atoms with Gasteiger partial charge in [-0.2, -0.15) is 9.57 Å². The number of para-hydroxylation sites is 1. The molecule has 1 aromatic rings. The number of nitrogens with zero attached hydrogens (tertiary/aromatic N) is 2. The number of hydrogen-bond acceptors (Lipinski definition) is 6. The zero-order chi connectivity index (χ0) is 18.6. The van der Waals surface area contributed by atoms with Gasteiger partial charge in [-0.25, -0.2) is 8.42 Å². The summed E-state index contributed by atoms with van der Waals surface area (Å²) in [7, 11) is -3.51. The zero-order valence-electron chi connectivity index (χ0n) is 13.9. The van der Waals surface area contributed by atoms with E-state index in [1.165, 1.54) is 6.92 Å². The van der Waals surface area contributed by atoms with Crippen LogP contribution in [-0.4, -0.2) is 49.5 Å². The van der Waals surface area contributed by atoms with E-state index in [1.807, 2.05) is 6.07 Å². The highest BCUT2D eigenvalue weighted by atomic mass is 32.2. The molecule has 1 aromatic carbocycles. The molecule has 0 radical (unpaired) electrons. The molecule has 0 saturated carbocycles. The first-order chi connectivity index (χ1) is 11.7. The third kappa shape index (κ3) is 4.55. The van der Waals surface area contributed by atoms with E-state index in [1.54, 1.807) is 24.3 Å². The summed E-state index contributed by atoms with van der Waals surface area (Å²) >= 11 is 0. The molecule has 134 valence electrons. The van der Waals surface area contributed by atoms with Gasteiger partial charge in [0.25, 0.3) is 5.91 Å². The molecule has 0 aromatic heterocycles. The molecule has 1 saturated heterocycles. The van der Waals surface area contributed by atoms with Gasteiger partial charge in [0.15, 0.2) is 6.10 Å². The molecule has 2 atom stereocenters. The molecule has 2 unspecified atom stereocenters. The minimum atomic E-state index is -3.51. The van der Waals surface area contributed by atoms with Gasteiger partial charge < -0.3 is 10.1 Å². The van der Waals surface area contributed by atoms with E-state index in [0.717, 1.165) is 10.6 Å².